The highest BCUT2D eigenvalue weighted by molar-refractivity contribution is 6.16. The monoisotopic (exact) mass is 274 g/mol. The van der Waals surface area contributed by atoms with Gasteiger partial charge in [-0.1, -0.05) is 18.2 Å². The van der Waals surface area contributed by atoms with Crippen LogP contribution in [-0.4, -0.2) is 19.3 Å². The first-order chi connectivity index (χ1) is 9.33. The van der Waals surface area contributed by atoms with E-state index in [-0.39, 0.29) is 0 Å². The van der Waals surface area contributed by atoms with Crippen LogP contribution in [0.5, 0.6) is 0 Å². The molecule has 0 aliphatic heterocycles. The molecule has 3 aromatic rings. The summed E-state index contributed by atoms with van der Waals surface area (Å²) in [7, 11) is 0. The highest BCUT2D eigenvalue weighted by Gasteiger charge is 2.11. The van der Waals surface area contributed by atoms with E-state index in [0.717, 1.165) is 18.1 Å². The fraction of sp³-hybridized carbons (Fsp3) is 0.286. The molecular weight excluding hydrogens is 260 g/mol. The molecule has 0 fully saturated rings. The predicted octanol–water partition coefficient (Wildman–Crippen LogP) is 3.04. The van der Waals surface area contributed by atoms with Crippen molar-refractivity contribution in [1.82, 2.24) is 19.3 Å². The molecule has 0 unspecified atom stereocenters. The molecular formula is C14H15ClN4. The third-order valence-electron chi connectivity index (χ3n) is 3.28. The number of imidazole rings is 1. The van der Waals surface area contributed by atoms with Crippen molar-refractivity contribution in [1.29, 1.82) is 0 Å². The van der Waals surface area contributed by atoms with Gasteiger partial charge < -0.3 is 4.57 Å². The van der Waals surface area contributed by atoms with Gasteiger partial charge in [-0.2, -0.15) is 5.10 Å². The van der Waals surface area contributed by atoms with Crippen molar-refractivity contribution in [2.45, 2.75) is 25.9 Å². The lowest BCUT2D eigenvalue weighted by molar-refractivity contribution is 0.648. The Hall–Kier alpha value is -1.81. The average Bonchev–Trinajstić information content (AvgIpc) is 3.04. The Kier molecular flexibility index (Phi) is 3.25. The van der Waals surface area contributed by atoms with Crippen LogP contribution in [0.4, 0.5) is 0 Å². The topological polar surface area (TPSA) is 35.6 Å². The highest BCUT2D eigenvalue weighted by Crippen LogP contribution is 2.19. The third-order valence-corrected chi connectivity index (χ3v) is 3.51. The van der Waals surface area contributed by atoms with Gasteiger partial charge in [-0.05, 0) is 13.0 Å². The number of benzene rings is 1. The van der Waals surface area contributed by atoms with Gasteiger partial charge in [-0.3, -0.25) is 4.68 Å². The Labute approximate surface area is 116 Å². The minimum absolute atomic E-state index is 0.416. The molecule has 5 heteroatoms. The number of rotatable bonds is 4. The minimum atomic E-state index is 0.416. The third kappa shape index (κ3) is 2.12. The summed E-state index contributed by atoms with van der Waals surface area (Å²) in [5, 5.41) is 5.88. The van der Waals surface area contributed by atoms with Gasteiger partial charge in [0, 0.05) is 24.3 Å². The van der Waals surface area contributed by atoms with Gasteiger partial charge in [0.15, 0.2) is 0 Å². The molecule has 0 aliphatic carbocycles. The first-order valence-corrected chi connectivity index (χ1v) is 6.87. The molecule has 3 rings (SSSR count). The van der Waals surface area contributed by atoms with E-state index in [9.17, 15) is 0 Å². The summed E-state index contributed by atoms with van der Waals surface area (Å²) < 4.78 is 4.07. The van der Waals surface area contributed by atoms with Crippen LogP contribution < -0.4 is 0 Å². The van der Waals surface area contributed by atoms with Gasteiger partial charge in [0.2, 0.25) is 0 Å². The van der Waals surface area contributed by atoms with E-state index in [0.29, 0.717) is 12.4 Å². The number of nitrogens with zero attached hydrogens (tertiary/aromatic N) is 4. The maximum absolute atomic E-state index is 5.88. The highest BCUT2D eigenvalue weighted by atomic mass is 35.5. The standard InChI is InChI=1S/C14H15ClN4/c1-2-19-13-6-4-3-5-11(13)12(17-19)10-18-8-7-16-14(18)9-15/h3-8H,2,9-10H2,1H3. The first kappa shape index (κ1) is 12.2. The zero-order valence-electron chi connectivity index (χ0n) is 10.8. The summed E-state index contributed by atoms with van der Waals surface area (Å²) >= 11 is 5.88. The first-order valence-electron chi connectivity index (χ1n) is 6.34. The van der Waals surface area contributed by atoms with Crippen molar-refractivity contribution in [2.24, 2.45) is 0 Å². The van der Waals surface area contributed by atoms with Crippen molar-refractivity contribution in [3.8, 4) is 0 Å². The summed E-state index contributed by atoms with van der Waals surface area (Å²) in [4.78, 5) is 4.23. The van der Waals surface area contributed by atoms with Gasteiger partial charge in [0.1, 0.15) is 5.82 Å². The van der Waals surface area contributed by atoms with E-state index >= 15 is 0 Å². The molecule has 0 atom stereocenters. The second kappa shape index (κ2) is 5.05. The molecule has 19 heavy (non-hydrogen) atoms. The Balaban J connectivity index is 2.06. The SMILES string of the molecule is CCn1nc(Cn2ccnc2CCl)c2ccccc21. The Morgan fingerprint density at radius 3 is 2.89 bits per heavy atom. The van der Waals surface area contributed by atoms with Crippen LogP contribution in [-0.2, 0) is 19.0 Å². The molecule has 2 heterocycles. The van der Waals surface area contributed by atoms with Crippen LogP contribution in [0.15, 0.2) is 36.7 Å². The molecule has 0 saturated heterocycles. The fourth-order valence-corrected chi connectivity index (χ4v) is 2.55. The summed E-state index contributed by atoms with van der Waals surface area (Å²) in [6, 6.07) is 8.30. The molecule has 0 bridgehead atoms. The molecule has 0 saturated carbocycles. The van der Waals surface area contributed by atoms with Crippen molar-refractivity contribution in [3.05, 3.63) is 48.2 Å². The van der Waals surface area contributed by atoms with Crippen LogP contribution in [0.1, 0.15) is 18.4 Å². The van der Waals surface area contributed by atoms with Crippen LogP contribution in [0.2, 0.25) is 0 Å². The summed E-state index contributed by atoms with van der Waals surface area (Å²) in [6.07, 6.45) is 3.72. The second-order valence-electron chi connectivity index (χ2n) is 4.38. The van der Waals surface area contributed by atoms with E-state index in [2.05, 4.69) is 29.1 Å². The molecule has 0 amide bonds. The molecule has 2 aromatic heterocycles. The van der Waals surface area contributed by atoms with Crippen molar-refractivity contribution < 1.29 is 0 Å². The van der Waals surface area contributed by atoms with Crippen molar-refractivity contribution in [3.63, 3.8) is 0 Å². The molecule has 0 N–H and O–H groups in total. The summed E-state index contributed by atoms with van der Waals surface area (Å²) in [5.41, 5.74) is 2.23. The minimum Gasteiger partial charge on any atom is -0.328 e. The van der Waals surface area contributed by atoms with E-state index < -0.39 is 0 Å². The van der Waals surface area contributed by atoms with E-state index in [1.54, 1.807) is 6.20 Å². The molecule has 0 radical (unpaired) electrons. The number of halogens is 1. The van der Waals surface area contributed by atoms with Gasteiger partial charge >= 0.3 is 0 Å². The van der Waals surface area contributed by atoms with Crippen LogP contribution in [0, 0.1) is 0 Å². The van der Waals surface area contributed by atoms with Crippen LogP contribution in [0.3, 0.4) is 0 Å². The molecule has 4 nitrogen and oxygen atoms in total. The average molecular weight is 275 g/mol. The largest absolute Gasteiger partial charge is 0.328 e. The lowest BCUT2D eigenvalue weighted by atomic mass is 10.2. The molecule has 0 spiro atoms. The van der Waals surface area contributed by atoms with Crippen molar-refractivity contribution in [2.75, 3.05) is 0 Å². The maximum atomic E-state index is 5.88. The molecule has 1 aromatic carbocycles. The number of aromatic nitrogens is 4. The number of aryl methyl sites for hydroxylation is 1. The van der Waals surface area contributed by atoms with Gasteiger partial charge in [-0.15, -0.1) is 11.6 Å². The van der Waals surface area contributed by atoms with E-state index in [1.807, 2.05) is 27.6 Å². The lowest BCUT2D eigenvalue weighted by Crippen LogP contribution is -2.04. The number of fused-ring (bicyclic) bond motifs is 1. The Bertz CT molecular complexity index is 698. The van der Waals surface area contributed by atoms with E-state index in [4.69, 9.17) is 11.6 Å². The Morgan fingerprint density at radius 2 is 2.11 bits per heavy atom. The Morgan fingerprint density at radius 1 is 1.26 bits per heavy atom. The number of alkyl halides is 1. The molecule has 98 valence electrons. The van der Waals surface area contributed by atoms with Crippen LogP contribution >= 0.6 is 11.6 Å². The maximum Gasteiger partial charge on any atom is 0.123 e. The zero-order valence-corrected chi connectivity index (χ0v) is 11.5. The van der Waals surface area contributed by atoms with Gasteiger partial charge in [0.05, 0.1) is 23.6 Å². The second-order valence-corrected chi connectivity index (χ2v) is 4.65. The van der Waals surface area contributed by atoms with E-state index in [1.165, 1.54) is 10.9 Å². The number of hydrogen-bond donors (Lipinski definition) is 0. The summed E-state index contributed by atoms with van der Waals surface area (Å²) in [6.45, 7) is 3.67. The quantitative estimate of drug-likeness (QED) is 0.686. The van der Waals surface area contributed by atoms with Gasteiger partial charge in [0.25, 0.3) is 0 Å². The number of hydrogen-bond acceptors (Lipinski definition) is 2. The fourth-order valence-electron chi connectivity index (χ4n) is 2.33. The summed E-state index contributed by atoms with van der Waals surface area (Å²) in [5.74, 6) is 1.29. The predicted molar refractivity (Wildman–Crippen MR) is 76.3 cm³/mol. The molecule has 0 aliphatic rings. The van der Waals surface area contributed by atoms with Gasteiger partial charge in [-0.25, -0.2) is 4.98 Å². The number of para-hydroxylation sites is 1. The lowest BCUT2D eigenvalue weighted by Gasteiger charge is -2.03. The van der Waals surface area contributed by atoms with Crippen molar-refractivity contribution >= 4 is 22.5 Å². The smallest absolute Gasteiger partial charge is 0.123 e. The zero-order chi connectivity index (χ0) is 13.2. The normalized spacial score (nSPS) is 11.3. The van der Waals surface area contributed by atoms with Crippen LogP contribution in [0.25, 0.3) is 10.9 Å².